The lowest BCUT2D eigenvalue weighted by molar-refractivity contribution is 0.599. The SMILES string of the molecule is NCCn1cc(S(=O)(=O)Nc2ccc(Cl)cc2Br)cn1. The summed E-state index contributed by atoms with van der Waals surface area (Å²) in [6, 6.07) is 4.79. The monoisotopic (exact) mass is 378 g/mol. The van der Waals surface area contributed by atoms with Crippen LogP contribution in [-0.4, -0.2) is 24.7 Å². The molecule has 0 atom stereocenters. The molecule has 2 aromatic rings. The highest BCUT2D eigenvalue weighted by atomic mass is 79.9. The highest BCUT2D eigenvalue weighted by molar-refractivity contribution is 9.10. The van der Waals surface area contributed by atoms with Gasteiger partial charge >= 0.3 is 0 Å². The molecule has 3 N–H and O–H groups in total. The van der Waals surface area contributed by atoms with Gasteiger partial charge in [-0.05, 0) is 34.1 Å². The summed E-state index contributed by atoms with van der Waals surface area (Å²) < 4.78 is 28.9. The number of rotatable bonds is 5. The van der Waals surface area contributed by atoms with Crippen LogP contribution in [0.2, 0.25) is 5.02 Å². The number of nitrogens with zero attached hydrogens (tertiary/aromatic N) is 2. The van der Waals surface area contributed by atoms with Crippen LogP contribution in [0.25, 0.3) is 0 Å². The summed E-state index contributed by atoms with van der Waals surface area (Å²) in [5.74, 6) is 0. The summed E-state index contributed by atoms with van der Waals surface area (Å²) in [4.78, 5) is 0.0767. The second-order valence-corrected chi connectivity index (χ2v) is 6.93. The van der Waals surface area contributed by atoms with Gasteiger partial charge in [-0.2, -0.15) is 5.10 Å². The topological polar surface area (TPSA) is 90.0 Å². The molecule has 1 heterocycles. The number of nitrogens with two attached hydrogens (primary N) is 1. The Labute approximate surface area is 130 Å². The molecule has 6 nitrogen and oxygen atoms in total. The molecular weight excluding hydrogens is 368 g/mol. The zero-order chi connectivity index (χ0) is 14.8. The van der Waals surface area contributed by atoms with Crippen molar-refractivity contribution in [2.75, 3.05) is 11.3 Å². The van der Waals surface area contributed by atoms with Crippen molar-refractivity contribution in [1.82, 2.24) is 9.78 Å². The van der Waals surface area contributed by atoms with Crippen LogP contribution in [0.15, 0.2) is 40.0 Å². The Kier molecular flexibility index (Phi) is 4.69. The normalized spacial score (nSPS) is 11.6. The average Bonchev–Trinajstić information content (AvgIpc) is 2.83. The molecule has 0 unspecified atom stereocenters. The Morgan fingerprint density at radius 3 is 2.85 bits per heavy atom. The molecule has 1 aromatic heterocycles. The maximum Gasteiger partial charge on any atom is 0.265 e. The molecular formula is C11H12BrClN4O2S. The van der Waals surface area contributed by atoms with Crippen molar-refractivity contribution in [3.63, 3.8) is 0 Å². The van der Waals surface area contributed by atoms with Gasteiger partial charge in [0.1, 0.15) is 4.90 Å². The molecule has 0 aliphatic carbocycles. The molecule has 9 heteroatoms. The van der Waals surface area contributed by atoms with Crippen molar-refractivity contribution in [1.29, 1.82) is 0 Å². The van der Waals surface area contributed by atoms with Gasteiger partial charge in [0.05, 0.1) is 18.4 Å². The molecule has 20 heavy (non-hydrogen) atoms. The van der Waals surface area contributed by atoms with E-state index in [0.717, 1.165) is 0 Å². The van der Waals surface area contributed by atoms with Crippen molar-refractivity contribution < 1.29 is 8.42 Å². The van der Waals surface area contributed by atoms with Gasteiger partial charge in [-0.1, -0.05) is 11.6 Å². The molecule has 2 rings (SSSR count). The van der Waals surface area contributed by atoms with Gasteiger partial charge in [0.2, 0.25) is 0 Å². The Hall–Kier alpha value is -1.09. The van der Waals surface area contributed by atoms with Crippen LogP contribution < -0.4 is 10.5 Å². The fraction of sp³-hybridized carbons (Fsp3) is 0.182. The Morgan fingerprint density at radius 1 is 1.45 bits per heavy atom. The predicted octanol–water partition coefficient (Wildman–Crippen LogP) is 2.06. The number of aromatic nitrogens is 2. The number of anilines is 1. The molecule has 108 valence electrons. The summed E-state index contributed by atoms with van der Waals surface area (Å²) in [6.07, 6.45) is 2.71. The molecule has 0 saturated carbocycles. The van der Waals surface area contributed by atoms with E-state index in [1.807, 2.05) is 0 Å². The minimum atomic E-state index is -3.69. The van der Waals surface area contributed by atoms with E-state index in [1.165, 1.54) is 17.1 Å². The first kappa shape index (κ1) is 15.3. The Balaban J connectivity index is 2.26. The highest BCUT2D eigenvalue weighted by Gasteiger charge is 2.17. The van der Waals surface area contributed by atoms with Gasteiger partial charge in [0.15, 0.2) is 0 Å². The number of nitrogens with one attached hydrogen (secondary N) is 1. The number of hydrogen-bond acceptors (Lipinski definition) is 4. The van der Waals surface area contributed by atoms with Crippen LogP contribution in [0.5, 0.6) is 0 Å². The third-order valence-corrected chi connectivity index (χ3v) is 4.66. The van der Waals surface area contributed by atoms with Gasteiger partial charge in [0.25, 0.3) is 10.0 Å². The number of halogens is 2. The first-order valence-corrected chi connectivity index (χ1v) is 8.28. The first-order chi connectivity index (χ1) is 9.42. The van der Waals surface area contributed by atoms with Crippen LogP contribution in [0.3, 0.4) is 0 Å². The van der Waals surface area contributed by atoms with Crippen molar-refractivity contribution >= 4 is 43.2 Å². The van der Waals surface area contributed by atoms with Crippen molar-refractivity contribution in [2.45, 2.75) is 11.4 Å². The zero-order valence-electron chi connectivity index (χ0n) is 10.3. The van der Waals surface area contributed by atoms with E-state index in [4.69, 9.17) is 17.3 Å². The third kappa shape index (κ3) is 3.51. The smallest absolute Gasteiger partial charge is 0.265 e. The molecule has 0 aliphatic rings. The van der Waals surface area contributed by atoms with Gasteiger partial charge < -0.3 is 5.73 Å². The summed E-state index contributed by atoms with van der Waals surface area (Å²) in [5.41, 5.74) is 5.80. The number of benzene rings is 1. The largest absolute Gasteiger partial charge is 0.329 e. The fourth-order valence-electron chi connectivity index (χ4n) is 1.51. The predicted molar refractivity (Wildman–Crippen MR) is 81.2 cm³/mol. The summed E-state index contributed by atoms with van der Waals surface area (Å²) in [7, 11) is -3.69. The minimum absolute atomic E-state index is 0.0767. The zero-order valence-corrected chi connectivity index (χ0v) is 13.4. The van der Waals surface area contributed by atoms with E-state index in [1.54, 1.807) is 18.2 Å². The van der Waals surface area contributed by atoms with Gasteiger partial charge in [-0.25, -0.2) is 8.42 Å². The maximum absolute atomic E-state index is 12.2. The number of hydrogen-bond donors (Lipinski definition) is 2. The van der Waals surface area contributed by atoms with Gasteiger partial charge in [-0.15, -0.1) is 0 Å². The van der Waals surface area contributed by atoms with Crippen LogP contribution in [0.1, 0.15) is 0 Å². The molecule has 0 radical (unpaired) electrons. The molecule has 0 saturated heterocycles. The standard InChI is InChI=1S/C11H12BrClN4O2S/c12-10-5-8(13)1-2-11(10)16-20(18,19)9-6-15-17(7-9)4-3-14/h1-2,5-7,16H,3-4,14H2. The van der Waals surface area contributed by atoms with E-state index in [2.05, 4.69) is 25.8 Å². The molecule has 0 bridgehead atoms. The van der Waals surface area contributed by atoms with Gasteiger partial charge in [-0.3, -0.25) is 9.40 Å². The third-order valence-electron chi connectivity index (χ3n) is 2.45. The van der Waals surface area contributed by atoms with E-state index in [-0.39, 0.29) is 4.90 Å². The molecule has 0 amide bonds. The lowest BCUT2D eigenvalue weighted by Gasteiger charge is -2.08. The van der Waals surface area contributed by atoms with Crippen LogP contribution >= 0.6 is 27.5 Å². The Bertz CT molecular complexity index is 717. The molecule has 0 aliphatic heterocycles. The minimum Gasteiger partial charge on any atom is -0.329 e. The van der Waals surface area contributed by atoms with Gasteiger partial charge in [0, 0.05) is 22.2 Å². The van der Waals surface area contributed by atoms with E-state index < -0.39 is 10.0 Å². The summed E-state index contributed by atoms with van der Waals surface area (Å²) in [6.45, 7) is 0.845. The second-order valence-electron chi connectivity index (χ2n) is 3.96. The molecule has 0 spiro atoms. The van der Waals surface area contributed by atoms with E-state index in [9.17, 15) is 8.42 Å². The van der Waals surface area contributed by atoms with E-state index >= 15 is 0 Å². The lowest BCUT2D eigenvalue weighted by atomic mass is 10.3. The van der Waals surface area contributed by atoms with Crippen LogP contribution in [0.4, 0.5) is 5.69 Å². The summed E-state index contributed by atoms with van der Waals surface area (Å²) >= 11 is 9.06. The molecule has 0 fully saturated rings. The van der Waals surface area contributed by atoms with Crippen LogP contribution in [0, 0.1) is 0 Å². The van der Waals surface area contributed by atoms with Crippen molar-refractivity contribution in [2.24, 2.45) is 5.73 Å². The summed E-state index contributed by atoms with van der Waals surface area (Å²) in [5, 5.41) is 4.44. The number of sulfonamides is 1. The average molecular weight is 380 g/mol. The highest BCUT2D eigenvalue weighted by Crippen LogP contribution is 2.27. The fourth-order valence-corrected chi connectivity index (χ4v) is 3.46. The van der Waals surface area contributed by atoms with E-state index in [0.29, 0.717) is 28.3 Å². The Morgan fingerprint density at radius 2 is 2.20 bits per heavy atom. The quantitative estimate of drug-likeness (QED) is 0.832. The molecule has 1 aromatic carbocycles. The first-order valence-electron chi connectivity index (χ1n) is 5.63. The van der Waals surface area contributed by atoms with Crippen molar-refractivity contribution in [3.05, 3.63) is 40.1 Å². The van der Waals surface area contributed by atoms with Crippen molar-refractivity contribution in [3.8, 4) is 0 Å². The second kappa shape index (κ2) is 6.13. The van der Waals surface area contributed by atoms with Crippen LogP contribution in [-0.2, 0) is 16.6 Å². The lowest BCUT2D eigenvalue weighted by Crippen LogP contribution is -2.13. The maximum atomic E-state index is 12.2.